The summed E-state index contributed by atoms with van der Waals surface area (Å²) in [6, 6.07) is 2.74. The molecule has 4 heterocycles. The number of fused-ring (bicyclic) bond motifs is 2. The molecule has 0 saturated carbocycles. The van der Waals surface area contributed by atoms with E-state index in [0.717, 1.165) is 58.3 Å². The Kier molecular flexibility index (Phi) is 5.13. The van der Waals surface area contributed by atoms with Crippen LogP contribution in [0.2, 0.25) is 0 Å². The molecule has 2 unspecified atom stereocenters. The summed E-state index contributed by atoms with van der Waals surface area (Å²) in [5.74, 6) is 2.01. The van der Waals surface area contributed by atoms with Crippen LogP contribution < -0.4 is 20.3 Å². The number of aryl methyl sites for hydroxylation is 1. The van der Waals surface area contributed by atoms with Crippen molar-refractivity contribution >= 4 is 28.2 Å². The fraction of sp³-hybridized carbons (Fsp3) is 0.636. The van der Waals surface area contributed by atoms with Crippen LogP contribution in [-0.4, -0.2) is 48.2 Å². The van der Waals surface area contributed by atoms with Gasteiger partial charge in [0.05, 0.1) is 12.7 Å². The average Bonchev–Trinajstić information content (AvgIpc) is 3.35. The first-order valence-electron chi connectivity index (χ1n) is 11.1. The monoisotopic (exact) mass is 439 g/mol. The Bertz CT molecular complexity index is 1030. The molecule has 2 fully saturated rings. The standard InChI is InChI=1S/C22H29N7OS/c1-14-5-4-9-28(12-14)19-25-20(27-21(26-19)30-2)29-10-8-22(13-29)7-3-6-16-17(22)15(11-23)18(24)31-16/h14H,3-10,12-13,24H2,1-2H3. The van der Waals surface area contributed by atoms with Crippen molar-refractivity contribution in [1.82, 2.24) is 15.0 Å². The molecular weight excluding hydrogens is 410 g/mol. The molecule has 0 aromatic carbocycles. The van der Waals surface area contributed by atoms with Gasteiger partial charge in [0.15, 0.2) is 0 Å². The van der Waals surface area contributed by atoms with Gasteiger partial charge >= 0.3 is 6.01 Å². The average molecular weight is 440 g/mol. The first kappa shape index (κ1) is 20.3. The van der Waals surface area contributed by atoms with Gasteiger partial charge in [0.2, 0.25) is 11.9 Å². The van der Waals surface area contributed by atoms with E-state index in [1.54, 1.807) is 18.4 Å². The van der Waals surface area contributed by atoms with E-state index in [-0.39, 0.29) is 5.41 Å². The van der Waals surface area contributed by atoms with Gasteiger partial charge < -0.3 is 20.3 Å². The highest BCUT2D eigenvalue weighted by molar-refractivity contribution is 7.16. The van der Waals surface area contributed by atoms with Crippen molar-refractivity contribution < 1.29 is 4.74 Å². The number of nitrogens with zero attached hydrogens (tertiary/aromatic N) is 6. The number of nitrogens with two attached hydrogens (primary N) is 1. The Morgan fingerprint density at radius 2 is 1.97 bits per heavy atom. The highest BCUT2D eigenvalue weighted by Crippen LogP contribution is 2.50. The van der Waals surface area contributed by atoms with Gasteiger partial charge in [-0.05, 0) is 50.0 Å². The quantitative estimate of drug-likeness (QED) is 0.778. The number of anilines is 3. The molecule has 2 aliphatic heterocycles. The zero-order chi connectivity index (χ0) is 21.6. The fourth-order valence-electron chi connectivity index (χ4n) is 5.59. The van der Waals surface area contributed by atoms with Gasteiger partial charge in [-0.15, -0.1) is 11.3 Å². The molecule has 2 aromatic rings. The van der Waals surface area contributed by atoms with Crippen LogP contribution in [0.3, 0.4) is 0 Å². The predicted octanol–water partition coefficient (Wildman–Crippen LogP) is 3.12. The molecule has 2 N–H and O–H groups in total. The van der Waals surface area contributed by atoms with Gasteiger partial charge in [-0.1, -0.05) is 6.92 Å². The highest BCUT2D eigenvalue weighted by Gasteiger charge is 2.46. The molecule has 2 saturated heterocycles. The van der Waals surface area contributed by atoms with Crippen molar-refractivity contribution in [3.8, 4) is 12.1 Å². The predicted molar refractivity (Wildman–Crippen MR) is 122 cm³/mol. The summed E-state index contributed by atoms with van der Waals surface area (Å²) in [4.78, 5) is 19.8. The number of methoxy groups -OCH3 is 1. The maximum Gasteiger partial charge on any atom is 0.322 e. The first-order chi connectivity index (χ1) is 15.0. The van der Waals surface area contributed by atoms with Gasteiger partial charge in [-0.25, -0.2) is 0 Å². The van der Waals surface area contributed by atoms with E-state index in [1.807, 2.05) is 0 Å². The maximum absolute atomic E-state index is 9.77. The molecule has 0 radical (unpaired) electrons. The number of ether oxygens (including phenoxy) is 1. The smallest absolute Gasteiger partial charge is 0.322 e. The minimum absolute atomic E-state index is 0.0492. The van der Waals surface area contributed by atoms with Gasteiger partial charge in [0.25, 0.3) is 0 Å². The van der Waals surface area contributed by atoms with E-state index in [1.165, 1.54) is 16.9 Å². The molecule has 0 amide bonds. The second-order valence-electron chi connectivity index (χ2n) is 9.17. The van der Waals surface area contributed by atoms with Crippen molar-refractivity contribution in [2.75, 3.05) is 48.8 Å². The summed E-state index contributed by atoms with van der Waals surface area (Å²) >= 11 is 1.60. The van der Waals surface area contributed by atoms with Gasteiger partial charge in [-0.2, -0.15) is 20.2 Å². The molecular formula is C22H29N7OS. The van der Waals surface area contributed by atoms with Crippen LogP contribution >= 0.6 is 11.3 Å². The molecule has 0 bridgehead atoms. The lowest BCUT2D eigenvalue weighted by molar-refractivity contribution is 0.374. The number of nitrogen functional groups attached to an aromatic ring is 1. The van der Waals surface area contributed by atoms with Crippen molar-refractivity contribution in [2.24, 2.45) is 5.92 Å². The number of hydrogen-bond acceptors (Lipinski definition) is 9. The summed E-state index contributed by atoms with van der Waals surface area (Å²) in [5.41, 5.74) is 8.04. The number of nitriles is 1. The topological polar surface area (TPSA) is 104 Å². The number of aromatic nitrogens is 3. The van der Waals surface area contributed by atoms with E-state index in [9.17, 15) is 5.26 Å². The molecule has 1 spiro atoms. The molecule has 2 aromatic heterocycles. The van der Waals surface area contributed by atoms with Crippen molar-refractivity contribution in [3.05, 3.63) is 16.0 Å². The summed E-state index contributed by atoms with van der Waals surface area (Å²) in [7, 11) is 1.61. The van der Waals surface area contributed by atoms with E-state index in [0.29, 0.717) is 34.4 Å². The molecule has 9 heteroatoms. The van der Waals surface area contributed by atoms with Crippen molar-refractivity contribution in [2.45, 2.75) is 50.9 Å². The lowest BCUT2D eigenvalue weighted by Crippen LogP contribution is -2.37. The molecule has 164 valence electrons. The minimum atomic E-state index is -0.0492. The van der Waals surface area contributed by atoms with E-state index in [4.69, 9.17) is 15.5 Å². The normalized spacial score (nSPS) is 25.5. The van der Waals surface area contributed by atoms with E-state index < -0.39 is 0 Å². The van der Waals surface area contributed by atoms with Crippen molar-refractivity contribution in [1.29, 1.82) is 5.26 Å². The Labute approximate surface area is 187 Å². The molecule has 8 nitrogen and oxygen atoms in total. The SMILES string of the molecule is COc1nc(N2CCCC(C)C2)nc(N2CCC3(CCCc4sc(N)c(C#N)c43)C2)n1. The molecule has 2 atom stereocenters. The molecule has 3 aliphatic rings. The summed E-state index contributed by atoms with van der Waals surface area (Å²) in [6.45, 7) is 5.84. The Hall–Kier alpha value is -2.60. The van der Waals surface area contributed by atoms with Crippen molar-refractivity contribution in [3.63, 3.8) is 0 Å². The largest absolute Gasteiger partial charge is 0.467 e. The molecule has 31 heavy (non-hydrogen) atoms. The molecule has 5 rings (SSSR count). The zero-order valence-electron chi connectivity index (χ0n) is 18.2. The van der Waals surface area contributed by atoms with E-state index >= 15 is 0 Å². The first-order valence-corrected chi connectivity index (χ1v) is 12.0. The summed E-state index contributed by atoms with van der Waals surface area (Å²) in [6.07, 6.45) is 6.59. The second kappa shape index (κ2) is 7.83. The Morgan fingerprint density at radius 3 is 2.71 bits per heavy atom. The fourth-order valence-corrected chi connectivity index (χ4v) is 6.77. The number of rotatable bonds is 3. The second-order valence-corrected chi connectivity index (χ2v) is 10.3. The molecule has 1 aliphatic carbocycles. The van der Waals surface area contributed by atoms with Gasteiger partial charge in [0.1, 0.15) is 11.1 Å². The van der Waals surface area contributed by atoms with Gasteiger partial charge in [-0.3, -0.25) is 0 Å². The van der Waals surface area contributed by atoms with E-state index in [2.05, 4.69) is 32.8 Å². The third-order valence-electron chi connectivity index (χ3n) is 7.06. The number of thiophene rings is 1. The lowest BCUT2D eigenvalue weighted by Gasteiger charge is -2.34. The van der Waals surface area contributed by atoms with Gasteiger partial charge in [0, 0.05) is 36.5 Å². The van der Waals surface area contributed by atoms with Crippen LogP contribution in [0.1, 0.15) is 55.0 Å². The minimum Gasteiger partial charge on any atom is -0.467 e. The van der Waals surface area contributed by atoms with Crippen LogP contribution in [0.5, 0.6) is 6.01 Å². The van der Waals surface area contributed by atoms with Crippen LogP contribution in [0, 0.1) is 17.2 Å². The number of hydrogen-bond donors (Lipinski definition) is 1. The Balaban J connectivity index is 1.47. The zero-order valence-corrected chi connectivity index (χ0v) is 19.0. The van der Waals surface area contributed by atoms with Crippen LogP contribution in [0.15, 0.2) is 0 Å². The van der Waals surface area contributed by atoms with Crippen LogP contribution in [0.25, 0.3) is 0 Å². The highest BCUT2D eigenvalue weighted by atomic mass is 32.1. The maximum atomic E-state index is 9.77. The number of piperidine rings is 1. The third-order valence-corrected chi connectivity index (χ3v) is 8.14. The van der Waals surface area contributed by atoms with Crippen LogP contribution in [-0.2, 0) is 11.8 Å². The van der Waals surface area contributed by atoms with Crippen LogP contribution in [0.4, 0.5) is 16.9 Å². The summed E-state index contributed by atoms with van der Waals surface area (Å²) < 4.78 is 5.43. The summed E-state index contributed by atoms with van der Waals surface area (Å²) in [5, 5.41) is 10.4. The third kappa shape index (κ3) is 3.47. The lowest BCUT2D eigenvalue weighted by atomic mass is 9.70. The Morgan fingerprint density at radius 1 is 1.16 bits per heavy atom.